The van der Waals surface area contributed by atoms with E-state index in [1.165, 1.54) is 42.7 Å². The highest BCUT2D eigenvalue weighted by Crippen LogP contribution is 2.26. The molecule has 0 saturated carbocycles. The average Bonchev–Trinajstić information content (AvgIpc) is 2.72. The van der Waals surface area contributed by atoms with Gasteiger partial charge < -0.3 is 11.1 Å². The normalized spacial score (nSPS) is 12.8. The summed E-state index contributed by atoms with van der Waals surface area (Å²) in [6.07, 6.45) is 1.29. The lowest BCUT2D eigenvalue weighted by atomic mass is 9.65. The van der Waals surface area contributed by atoms with Gasteiger partial charge in [0.05, 0.1) is 21.1 Å². The summed E-state index contributed by atoms with van der Waals surface area (Å²) in [5.74, 6) is -1.38. The molecule has 0 fully saturated rings. The van der Waals surface area contributed by atoms with Crippen molar-refractivity contribution in [2.45, 2.75) is 4.90 Å². The summed E-state index contributed by atoms with van der Waals surface area (Å²) in [7, 11) is 20.4. The fraction of sp³-hybridized carbons (Fsp3) is 0.0500. The Kier molecular flexibility index (Phi) is 6.09. The number of benzene rings is 3. The topological polar surface area (TPSA) is 96.0 Å². The largest absolute Gasteiger partial charge is 0.397 e. The monoisotopic (exact) mass is 423 g/mol. The summed E-state index contributed by atoms with van der Waals surface area (Å²) in [6.45, 7) is 0. The van der Waals surface area contributed by atoms with Gasteiger partial charge in [0.25, 0.3) is 5.91 Å². The molecule has 8 radical (unpaired) electrons. The van der Waals surface area contributed by atoms with Crippen LogP contribution in [0.3, 0.4) is 0 Å². The lowest BCUT2D eigenvalue weighted by molar-refractivity contribution is 0.102. The third-order valence-corrected chi connectivity index (χ3v) is 5.92. The minimum atomic E-state index is -2.89. The second kappa shape index (κ2) is 8.30. The molecule has 3 aromatic rings. The van der Waals surface area contributed by atoms with Gasteiger partial charge in [-0.05, 0) is 47.5 Å². The van der Waals surface area contributed by atoms with E-state index in [0.717, 1.165) is 0 Å². The number of hydrogen-bond acceptors (Lipinski definition) is 4. The third kappa shape index (κ3) is 4.42. The Morgan fingerprint density at radius 2 is 1.55 bits per heavy atom. The van der Waals surface area contributed by atoms with E-state index < -0.39 is 21.5 Å². The van der Waals surface area contributed by atoms with Crippen molar-refractivity contribution < 1.29 is 13.4 Å². The van der Waals surface area contributed by atoms with E-state index in [0.29, 0.717) is 10.5 Å². The molecule has 0 aliphatic heterocycles. The van der Waals surface area contributed by atoms with Gasteiger partial charge in [-0.2, -0.15) is 0 Å². The first-order valence-corrected chi connectivity index (χ1v) is 10.8. The summed E-state index contributed by atoms with van der Waals surface area (Å²) in [5.41, 5.74) is 6.60. The number of carbonyl (C=O) groups is 1. The molecule has 3 rings (SSSR count). The van der Waals surface area contributed by atoms with Crippen LogP contribution in [0.5, 0.6) is 0 Å². The van der Waals surface area contributed by atoms with E-state index in [1.54, 1.807) is 6.07 Å². The summed E-state index contributed by atoms with van der Waals surface area (Å²) in [4.78, 5) is 12.9. The zero-order valence-electron chi connectivity index (χ0n) is 16.5. The summed E-state index contributed by atoms with van der Waals surface area (Å²) < 4.78 is 33.4. The van der Waals surface area contributed by atoms with Gasteiger partial charge in [-0.1, -0.05) is 27.9 Å². The van der Waals surface area contributed by atoms with Gasteiger partial charge in [0.1, 0.15) is 37.2 Å². The van der Waals surface area contributed by atoms with Gasteiger partial charge >= 0.3 is 0 Å². The molecular formula is C20H14B4FN3O2S. The van der Waals surface area contributed by atoms with Gasteiger partial charge in [-0.25, -0.2) is 13.4 Å². The Morgan fingerprint density at radius 3 is 2.06 bits per heavy atom. The van der Waals surface area contributed by atoms with Gasteiger partial charge in [0.2, 0.25) is 0 Å². The van der Waals surface area contributed by atoms with Crippen LogP contribution in [0, 0.1) is 10.6 Å². The van der Waals surface area contributed by atoms with Crippen LogP contribution in [-0.4, -0.2) is 47.8 Å². The number of hydrogen-bond donors (Lipinski definition) is 3. The molecule has 1 amide bonds. The molecule has 5 nitrogen and oxygen atoms in total. The van der Waals surface area contributed by atoms with Crippen molar-refractivity contribution in [3.63, 3.8) is 0 Å². The van der Waals surface area contributed by atoms with Crippen LogP contribution < -0.4 is 32.9 Å². The fourth-order valence-electron chi connectivity index (χ4n) is 2.99. The maximum absolute atomic E-state index is 14.0. The number of nitrogens with two attached hydrogens (primary N) is 1. The van der Waals surface area contributed by atoms with Crippen molar-refractivity contribution in [3.8, 4) is 11.1 Å². The van der Waals surface area contributed by atoms with E-state index in [2.05, 4.69) is 5.32 Å². The van der Waals surface area contributed by atoms with E-state index in [-0.39, 0.29) is 44.4 Å². The molecule has 3 aromatic carbocycles. The van der Waals surface area contributed by atoms with E-state index in [1.807, 2.05) is 0 Å². The molecule has 1 atom stereocenters. The highest BCUT2D eigenvalue weighted by atomic mass is 32.2. The molecule has 0 heterocycles. The van der Waals surface area contributed by atoms with Crippen LogP contribution >= 0.6 is 0 Å². The number of nitrogens with one attached hydrogen (secondary N) is 2. The smallest absolute Gasteiger partial charge is 0.255 e. The number of rotatable bonds is 4. The summed E-state index contributed by atoms with van der Waals surface area (Å²) in [5, 5.41) is 2.67. The molecule has 11 heteroatoms. The predicted molar refractivity (Wildman–Crippen MR) is 127 cm³/mol. The summed E-state index contributed by atoms with van der Waals surface area (Å²) in [6, 6.07) is 10.5. The van der Waals surface area contributed by atoms with Crippen molar-refractivity contribution in [1.82, 2.24) is 0 Å². The Morgan fingerprint density at radius 1 is 1.00 bits per heavy atom. The van der Waals surface area contributed by atoms with Crippen molar-refractivity contribution in [3.05, 3.63) is 53.8 Å². The second-order valence-electron chi connectivity index (χ2n) is 6.97. The molecule has 31 heavy (non-hydrogen) atoms. The zero-order chi connectivity index (χ0) is 23.1. The van der Waals surface area contributed by atoms with Gasteiger partial charge in [-0.3, -0.25) is 4.79 Å². The molecule has 1 unspecified atom stereocenters. The first-order chi connectivity index (χ1) is 14.4. The van der Waals surface area contributed by atoms with E-state index >= 15 is 0 Å². The van der Waals surface area contributed by atoms with E-state index in [9.17, 15) is 13.4 Å². The quantitative estimate of drug-likeness (QED) is 0.392. The highest BCUT2D eigenvalue weighted by Gasteiger charge is 2.16. The Labute approximate surface area is 185 Å². The predicted octanol–water partition coefficient (Wildman–Crippen LogP) is -0.462. The Hall–Kier alpha value is -2.93. The van der Waals surface area contributed by atoms with Crippen molar-refractivity contribution >= 4 is 80.2 Å². The van der Waals surface area contributed by atoms with Crippen LogP contribution in [0.25, 0.3) is 11.1 Å². The van der Waals surface area contributed by atoms with Crippen LogP contribution in [-0.2, 0) is 9.73 Å². The number of halogens is 1. The van der Waals surface area contributed by atoms with Gasteiger partial charge in [0, 0.05) is 16.7 Å². The maximum atomic E-state index is 14.0. The van der Waals surface area contributed by atoms with Crippen molar-refractivity contribution in [2.24, 2.45) is 0 Å². The first kappa shape index (κ1) is 22.7. The van der Waals surface area contributed by atoms with Crippen LogP contribution in [0.2, 0.25) is 0 Å². The number of carbonyl (C=O) groups excluding carboxylic acids is 1. The minimum absolute atomic E-state index is 0.0830. The third-order valence-electron chi connectivity index (χ3n) is 4.75. The van der Waals surface area contributed by atoms with Crippen LogP contribution in [0.15, 0.2) is 47.4 Å². The molecular weight excluding hydrogens is 409 g/mol. The van der Waals surface area contributed by atoms with Gasteiger partial charge in [0.15, 0.2) is 0 Å². The standard InChI is InChI=1S/C20H14B4FN3O2S/c1-31(27,30)11-5-2-9(3-6-11)20(29)28-13-8-10(4-7-12(13)26)14-15(21)17(23)19(25)18(24)16(14)22/h2-8,27H,26H2,1H3,(H,28,29). The van der Waals surface area contributed by atoms with Crippen molar-refractivity contribution in [2.75, 3.05) is 17.3 Å². The molecule has 146 valence electrons. The minimum Gasteiger partial charge on any atom is -0.397 e. The SMILES string of the molecule is [B]c1c([B])c(-c2ccc(N)c(NC(=O)c3ccc(S(C)(=N)=O)cc3)c2)c([B])c([B])c1F. The molecule has 0 bridgehead atoms. The molecule has 0 saturated heterocycles. The van der Waals surface area contributed by atoms with Crippen LogP contribution in [0.1, 0.15) is 10.4 Å². The lowest BCUT2D eigenvalue weighted by Gasteiger charge is -2.20. The Bertz CT molecular complexity index is 1280. The number of nitrogen functional groups attached to an aromatic ring is 1. The molecule has 4 N–H and O–H groups in total. The zero-order valence-corrected chi connectivity index (χ0v) is 17.3. The highest BCUT2D eigenvalue weighted by molar-refractivity contribution is 7.91. The Balaban J connectivity index is 1.99. The fourth-order valence-corrected chi connectivity index (χ4v) is 3.64. The summed E-state index contributed by atoms with van der Waals surface area (Å²) >= 11 is 0. The molecule has 0 aliphatic carbocycles. The lowest BCUT2D eigenvalue weighted by Crippen LogP contribution is -2.45. The maximum Gasteiger partial charge on any atom is 0.255 e. The molecule has 0 aliphatic rings. The molecule has 0 spiro atoms. The number of anilines is 2. The van der Waals surface area contributed by atoms with Gasteiger partial charge in [-0.15, -0.1) is 0 Å². The number of amides is 1. The van der Waals surface area contributed by atoms with Crippen LogP contribution in [0.4, 0.5) is 15.8 Å². The molecule has 0 aromatic heterocycles. The van der Waals surface area contributed by atoms with Crippen molar-refractivity contribution in [1.29, 1.82) is 4.78 Å². The first-order valence-electron chi connectivity index (χ1n) is 8.88. The van der Waals surface area contributed by atoms with E-state index in [4.69, 9.17) is 41.9 Å². The average molecular weight is 423 g/mol. The second-order valence-corrected chi connectivity index (χ2v) is 9.13.